The van der Waals surface area contributed by atoms with Gasteiger partial charge in [-0.3, -0.25) is 24.7 Å². The average Bonchev–Trinajstić information content (AvgIpc) is 3.16. The fraction of sp³-hybridized carbons (Fsp3) is 0.350. The van der Waals surface area contributed by atoms with E-state index < -0.39 is 0 Å². The second kappa shape index (κ2) is 10.1. The van der Waals surface area contributed by atoms with Crippen LogP contribution in [0, 0.1) is 0 Å². The highest BCUT2D eigenvalue weighted by Crippen LogP contribution is 2.21. The van der Waals surface area contributed by atoms with E-state index in [9.17, 15) is 9.59 Å². The summed E-state index contributed by atoms with van der Waals surface area (Å²) in [5.41, 5.74) is 0. The lowest BCUT2D eigenvalue weighted by atomic mass is 10.3. The number of rotatable bonds is 8. The minimum atomic E-state index is -0.281. The number of ether oxygens (including phenoxy) is 2. The van der Waals surface area contributed by atoms with Crippen molar-refractivity contribution in [2.45, 2.75) is 6.54 Å². The molecule has 1 aliphatic rings. The maximum atomic E-state index is 12.2. The highest BCUT2D eigenvalue weighted by Gasteiger charge is 2.20. The van der Waals surface area contributed by atoms with Crippen LogP contribution in [-0.4, -0.2) is 66.5 Å². The lowest BCUT2D eigenvalue weighted by Crippen LogP contribution is -2.47. The van der Waals surface area contributed by atoms with Crippen molar-refractivity contribution in [2.75, 3.05) is 45.2 Å². The van der Waals surface area contributed by atoms with Gasteiger partial charge in [0.2, 0.25) is 5.91 Å². The number of aromatic nitrogens is 1. The smallest absolute Gasteiger partial charge is 0.325 e. The van der Waals surface area contributed by atoms with Gasteiger partial charge < -0.3 is 9.47 Å². The molecule has 1 N–H and O–H groups in total. The number of esters is 1. The first-order chi connectivity index (χ1) is 14.1. The Kier molecular flexibility index (Phi) is 7.34. The quantitative estimate of drug-likeness (QED) is 0.400. The molecule has 0 unspecified atom stereocenters. The predicted molar refractivity (Wildman–Crippen MR) is 111 cm³/mol. The van der Waals surface area contributed by atoms with Crippen LogP contribution in [0.1, 0.15) is 4.88 Å². The summed E-state index contributed by atoms with van der Waals surface area (Å²) < 4.78 is 10.5. The molecule has 1 fully saturated rings. The fourth-order valence-electron chi connectivity index (χ4n) is 2.93. The molecule has 1 aromatic carbocycles. The third-order valence-electron chi connectivity index (χ3n) is 4.44. The Morgan fingerprint density at radius 2 is 1.97 bits per heavy atom. The van der Waals surface area contributed by atoms with Crippen LogP contribution < -0.4 is 14.8 Å². The third kappa shape index (κ3) is 6.38. The van der Waals surface area contributed by atoms with Crippen LogP contribution in [0.15, 0.2) is 43.1 Å². The Morgan fingerprint density at radius 3 is 2.69 bits per heavy atom. The summed E-state index contributed by atoms with van der Waals surface area (Å²) in [7, 11) is 1.57. The Balaban J connectivity index is 1.41. The van der Waals surface area contributed by atoms with Gasteiger partial charge in [0.1, 0.15) is 11.5 Å². The summed E-state index contributed by atoms with van der Waals surface area (Å²) in [4.78, 5) is 33.2. The van der Waals surface area contributed by atoms with E-state index in [2.05, 4.69) is 26.7 Å². The van der Waals surface area contributed by atoms with Gasteiger partial charge in [-0.2, -0.15) is 0 Å². The number of benzene rings is 1. The average molecular weight is 417 g/mol. The molecule has 2 heterocycles. The van der Waals surface area contributed by atoms with Crippen LogP contribution in [0.3, 0.4) is 0 Å². The molecular formula is C20H24N4O4S. The molecule has 1 aromatic heterocycles. The van der Waals surface area contributed by atoms with Crippen LogP contribution in [0.5, 0.6) is 11.5 Å². The maximum absolute atomic E-state index is 12.2. The molecule has 0 saturated carbocycles. The van der Waals surface area contributed by atoms with Crippen LogP contribution in [0.4, 0.5) is 5.13 Å². The van der Waals surface area contributed by atoms with Gasteiger partial charge in [-0.15, -0.1) is 11.3 Å². The molecule has 1 aliphatic heterocycles. The second-order valence-corrected chi connectivity index (χ2v) is 7.65. The Bertz CT molecular complexity index is 862. The van der Waals surface area contributed by atoms with E-state index >= 15 is 0 Å². The predicted octanol–water partition coefficient (Wildman–Crippen LogP) is 2.00. The van der Waals surface area contributed by atoms with Crippen LogP contribution in [-0.2, 0) is 16.1 Å². The van der Waals surface area contributed by atoms with E-state index in [4.69, 9.17) is 9.47 Å². The molecule has 1 saturated heterocycles. The number of amides is 1. The van der Waals surface area contributed by atoms with Crippen molar-refractivity contribution in [3.05, 3.63) is 48.0 Å². The number of hydrogen-bond donors (Lipinski definition) is 1. The van der Waals surface area contributed by atoms with Crippen molar-refractivity contribution in [1.29, 1.82) is 0 Å². The van der Waals surface area contributed by atoms with E-state index in [0.29, 0.717) is 16.6 Å². The zero-order valence-corrected chi connectivity index (χ0v) is 17.1. The number of carbonyl (C=O) groups is 2. The number of anilines is 1. The van der Waals surface area contributed by atoms with E-state index in [1.165, 1.54) is 17.4 Å². The highest BCUT2D eigenvalue weighted by atomic mass is 32.1. The summed E-state index contributed by atoms with van der Waals surface area (Å²) in [6, 6.07) is 7.01. The molecule has 0 radical (unpaired) electrons. The lowest BCUT2D eigenvalue weighted by Gasteiger charge is -2.33. The van der Waals surface area contributed by atoms with E-state index in [0.717, 1.165) is 37.6 Å². The minimum Gasteiger partial charge on any atom is -0.497 e. The van der Waals surface area contributed by atoms with Gasteiger partial charge in [0, 0.05) is 49.9 Å². The maximum Gasteiger partial charge on any atom is 0.325 e. The van der Waals surface area contributed by atoms with Gasteiger partial charge in [0.15, 0.2) is 5.13 Å². The number of nitrogens with zero attached hydrogens (tertiary/aromatic N) is 3. The summed E-state index contributed by atoms with van der Waals surface area (Å²) in [6.07, 6.45) is 3.00. The molecule has 0 atom stereocenters. The molecule has 2 aromatic rings. The second-order valence-electron chi connectivity index (χ2n) is 6.53. The zero-order chi connectivity index (χ0) is 20.6. The van der Waals surface area contributed by atoms with Gasteiger partial charge in [0.25, 0.3) is 0 Å². The van der Waals surface area contributed by atoms with Crippen molar-refractivity contribution in [1.82, 2.24) is 14.8 Å². The Morgan fingerprint density at radius 1 is 1.24 bits per heavy atom. The lowest BCUT2D eigenvalue weighted by molar-refractivity contribution is -0.136. The van der Waals surface area contributed by atoms with Crippen molar-refractivity contribution in [2.24, 2.45) is 0 Å². The molecule has 0 bridgehead atoms. The Hall–Kier alpha value is -2.75. The largest absolute Gasteiger partial charge is 0.497 e. The molecular weight excluding hydrogens is 392 g/mol. The van der Waals surface area contributed by atoms with Gasteiger partial charge in [-0.1, -0.05) is 12.6 Å². The first-order valence-corrected chi connectivity index (χ1v) is 10.0. The summed E-state index contributed by atoms with van der Waals surface area (Å²) in [5, 5.41) is 3.24. The molecule has 0 aliphatic carbocycles. The molecule has 9 heteroatoms. The minimum absolute atomic E-state index is 0.253. The normalized spacial score (nSPS) is 14.9. The van der Waals surface area contributed by atoms with Crippen LogP contribution in [0.25, 0.3) is 0 Å². The summed E-state index contributed by atoms with van der Waals surface area (Å²) in [6.45, 7) is 7.71. The van der Waals surface area contributed by atoms with Gasteiger partial charge >= 0.3 is 5.97 Å². The Labute approximate surface area is 173 Å². The number of thiazole rings is 1. The molecule has 0 spiro atoms. The molecule has 8 nitrogen and oxygen atoms in total. The van der Waals surface area contributed by atoms with E-state index in [1.807, 2.05) is 0 Å². The van der Waals surface area contributed by atoms with Crippen molar-refractivity contribution in [3.63, 3.8) is 0 Å². The number of nitrogens with one attached hydrogen (secondary N) is 1. The van der Waals surface area contributed by atoms with Crippen molar-refractivity contribution < 1.29 is 19.1 Å². The summed E-state index contributed by atoms with van der Waals surface area (Å²) >= 11 is 1.46. The highest BCUT2D eigenvalue weighted by molar-refractivity contribution is 7.15. The SMILES string of the molecule is C=CC(=O)Nc1ncc(CN2CCN(CC(=O)Oc3cccc(OC)c3)CC2)s1. The van der Waals surface area contributed by atoms with Gasteiger partial charge in [0.05, 0.1) is 13.7 Å². The standard InChI is InChI=1S/C20H24N4O4S/c1-3-18(25)22-20-21-12-17(29-20)13-23-7-9-24(10-8-23)14-19(26)28-16-6-4-5-15(11-16)27-2/h3-6,11-12H,1,7-10,13-14H2,2H3,(H,21,22,25). The fourth-order valence-corrected chi connectivity index (χ4v) is 3.79. The molecule has 3 rings (SSSR count). The van der Waals surface area contributed by atoms with Crippen LogP contribution in [0.2, 0.25) is 0 Å². The first kappa shape index (κ1) is 21.0. The number of piperazine rings is 1. The monoisotopic (exact) mass is 416 g/mol. The molecule has 1 amide bonds. The molecule has 29 heavy (non-hydrogen) atoms. The zero-order valence-electron chi connectivity index (χ0n) is 16.3. The number of carbonyl (C=O) groups excluding carboxylic acids is 2. The number of methoxy groups -OCH3 is 1. The van der Waals surface area contributed by atoms with Crippen molar-refractivity contribution >= 4 is 28.3 Å². The van der Waals surface area contributed by atoms with Crippen molar-refractivity contribution in [3.8, 4) is 11.5 Å². The first-order valence-electron chi connectivity index (χ1n) is 9.23. The van der Waals surface area contributed by atoms with E-state index in [1.54, 1.807) is 37.6 Å². The number of hydrogen-bond acceptors (Lipinski definition) is 8. The van der Waals surface area contributed by atoms with Gasteiger partial charge in [-0.25, -0.2) is 4.98 Å². The summed E-state index contributed by atoms with van der Waals surface area (Å²) in [5.74, 6) is 0.592. The topological polar surface area (TPSA) is 84.0 Å². The van der Waals surface area contributed by atoms with Crippen LogP contribution >= 0.6 is 11.3 Å². The van der Waals surface area contributed by atoms with Gasteiger partial charge in [-0.05, 0) is 18.2 Å². The molecule has 154 valence electrons. The third-order valence-corrected chi connectivity index (χ3v) is 5.34. The van der Waals surface area contributed by atoms with E-state index in [-0.39, 0.29) is 18.4 Å².